The molecule has 31 heavy (non-hydrogen) atoms. The van der Waals surface area contributed by atoms with Gasteiger partial charge in [0.25, 0.3) is 0 Å². The van der Waals surface area contributed by atoms with Crippen molar-refractivity contribution in [3.05, 3.63) is 65.2 Å². The van der Waals surface area contributed by atoms with Crippen molar-refractivity contribution in [2.75, 3.05) is 0 Å². The number of nitrogens with zero attached hydrogens (tertiary/aromatic N) is 4. The summed E-state index contributed by atoms with van der Waals surface area (Å²) in [5.41, 5.74) is 2.36. The van der Waals surface area contributed by atoms with Crippen LogP contribution in [0.15, 0.2) is 42.6 Å². The van der Waals surface area contributed by atoms with Crippen LogP contribution in [0.3, 0.4) is 0 Å². The molecule has 0 fully saturated rings. The van der Waals surface area contributed by atoms with Crippen molar-refractivity contribution in [1.82, 2.24) is 19.6 Å². The maximum absolute atomic E-state index is 12.8. The number of hydrogen-bond acceptors (Lipinski definition) is 2. The molecule has 0 aliphatic heterocycles. The first-order chi connectivity index (χ1) is 14.4. The Kier molecular flexibility index (Phi) is 11.3. The molecule has 7 heteroatoms. The lowest BCUT2D eigenvalue weighted by Gasteiger charge is -2.13. The molecular weight excluding hydrogens is 401 g/mol. The van der Waals surface area contributed by atoms with Gasteiger partial charge in [0.05, 0.1) is 17.6 Å². The van der Waals surface area contributed by atoms with E-state index < -0.39 is 11.9 Å². The molecule has 3 rings (SSSR count). The average molecular weight is 439 g/mol. The Labute approximate surface area is 185 Å². The van der Waals surface area contributed by atoms with Crippen molar-refractivity contribution < 1.29 is 13.2 Å². The van der Waals surface area contributed by atoms with E-state index in [1.165, 1.54) is 18.8 Å². The van der Waals surface area contributed by atoms with Gasteiger partial charge in [-0.2, -0.15) is 23.4 Å². The van der Waals surface area contributed by atoms with E-state index in [-0.39, 0.29) is 11.0 Å². The second-order valence-corrected chi connectivity index (χ2v) is 7.47. The molecule has 0 unspecified atom stereocenters. The summed E-state index contributed by atoms with van der Waals surface area (Å²) in [5.74, 6) is 0. The first kappa shape index (κ1) is 28.4. The van der Waals surface area contributed by atoms with Crippen LogP contribution < -0.4 is 0 Å². The molecule has 0 aliphatic carbocycles. The van der Waals surface area contributed by atoms with Crippen LogP contribution in [0.25, 0.3) is 5.69 Å². The van der Waals surface area contributed by atoms with Gasteiger partial charge in [-0.05, 0) is 37.6 Å². The summed E-state index contributed by atoms with van der Waals surface area (Å²) in [6.07, 6.45) is -3.17. The molecule has 0 amide bonds. The number of para-hydroxylation sites is 1. The lowest BCUT2D eigenvalue weighted by Crippen LogP contribution is -2.14. The normalized spacial score (nSPS) is 10.7. The molecule has 0 spiro atoms. The van der Waals surface area contributed by atoms with Crippen LogP contribution >= 0.6 is 0 Å². The van der Waals surface area contributed by atoms with Gasteiger partial charge in [0.2, 0.25) is 0 Å². The minimum absolute atomic E-state index is 0.122. The van der Waals surface area contributed by atoms with Crippen LogP contribution in [0, 0.1) is 13.8 Å². The van der Waals surface area contributed by atoms with E-state index >= 15 is 0 Å². The number of alkyl halides is 3. The zero-order valence-corrected chi connectivity index (χ0v) is 20.5. The van der Waals surface area contributed by atoms with Crippen LogP contribution in [0.5, 0.6) is 0 Å². The molecule has 0 bridgehead atoms. The van der Waals surface area contributed by atoms with Crippen LogP contribution in [0.1, 0.15) is 71.1 Å². The smallest absolute Gasteiger partial charge is 0.273 e. The molecule has 4 nitrogen and oxygen atoms in total. The van der Waals surface area contributed by atoms with E-state index in [2.05, 4.69) is 44.0 Å². The van der Waals surface area contributed by atoms with E-state index in [1.807, 2.05) is 39.4 Å². The van der Waals surface area contributed by atoms with Crippen LogP contribution in [0.2, 0.25) is 0 Å². The third-order valence-corrected chi connectivity index (χ3v) is 4.10. The van der Waals surface area contributed by atoms with Gasteiger partial charge in [-0.25, -0.2) is 4.68 Å². The Morgan fingerprint density at radius 3 is 1.74 bits per heavy atom. The lowest BCUT2D eigenvalue weighted by atomic mass is 9.92. The Morgan fingerprint density at radius 2 is 1.39 bits per heavy atom. The third kappa shape index (κ3) is 8.23. The summed E-state index contributed by atoms with van der Waals surface area (Å²) in [4.78, 5) is 0. The van der Waals surface area contributed by atoms with Gasteiger partial charge in [-0.15, -0.1) is 0 Å². The Balaban J connectivity index is 0.000000526. The molecule has 174 valence electrons. The van der Waals surface area contributed by atoms with Crippen molar-refractivity contribution in [3.8, 4) is 5.69 Å². The fraction of sp³-hybridized carbons (Fsp3) is 0.500. The maximum atomic E-state index is 12.8. The number of aryl methyl sites for hydroxylation is 3. The van der Waals surface area contributed by atoms with E-state index in [4.69, 9.17) is 0 Å². The fourth-order valence-corrected chi connectivity index (χ4v) is 2.47. The van der Waals surface area contributed by atoms with Gasteiger partial charge in [0, 0.05) is 18.2 Å². The molecule has 0 saturated carbocycles. The first-order valence-corrected chi connectivity index (χ1v) is 10.6. The second kappa shape index (κ2) is 12.3. The van der Waals surface area contributed by atoms with Gasteiger partial charge in [0.15, 0.2) is 5.69 Å². The van der Waals surface area contributed by atoms with E-state index in [0.29, 0.717) is 5.69 Å². The molecule has 2 heterocycles. The topological polar surface area (TPSA) is 35.6 Å². The highest BCUT2D eigenvalue weighted by atomic mass is 19.4. The average Bonchev–Trinajstić information content (AvgIpc) is 3.28. The molecule has 0 saturated heterocycles. The number of halogens is 3. The molecule has 0 aliphatic rings. The standard InChI is InChI=1S/C11H9F3N2.C9H16N2.2C2H6/c1-8-7-15-16(10(8)11(12,13)14)9-5-3-2-4-6-9;1-7-6-8(9(2,3)4)10-11(7)5;2*1-2/h2-7H,1H3;6H,1-5H3;2*1-2H3. The van der Waals surface area contributed by atoms with Crippen molar-refractivity contribution in [2.24, 2.45) is 7.05 Å². The summed E-state index contributed by atoms with van der Waals surface area (Å²) in [6.45, 7) is 18.0. The molecule has 3 aromatic rings. The first-order valence-electron chi connectivity index (χ1n) is 10.6. The van der Waals surface area contributed by atoms with Gasteiger partial charge < -0.3 is 0 Å². The monoisotopic (exact) mass is 438 g/mol. The minimum atomic E-state index is -4.39. The summed E-state index contributed by atoms with van der Waals surface area (Å²) >= 11 is 0. The molecule has 0 atom stereocenters. The summed E-state index contributed by atoms with van der Waals surface area (Å²) < 4.78 is 41.1. The predicted octanol–water partition coefficient (Wildman–Crippen LogP) is 7.28. The van der Waals surface area contributed by atoms with E-state index in [1.54, 1.807) is 30.3 Å². The van der Waals surface area contributed by atoms with Crippen LogP contribution in [0.4, 0.5) is 13.2 Å². The molecular formula is C24H37F3N4. The largest absolute Gasteiger partial charge is 0.433 e. The number of benzene rings is 1. The van der Waals surface area contributed by atoms with E-state index in [9.17, 15) is 13.2 Å². The lowest BCUT2D eigenvalue weighted by molar-refractivity contribution is -0.143. The third-order valence-electron chi connectivity index (χ3n) is 4.10. The minimum Gasteiger partial charge on any atom is -0.273 e. The fourth-order valence-electron chi connectivity index (χ4n) is 2.47. The highest BCUT2D eigenvalue weighted by Gasteiger charge is 2.37. The highest BCUT2D eigenvalue weighted by molar-refractivity contribution is 5.35. The summed E-state index contributed by atoms with van der Waals surface area (Å²) in [6, 6.07) is 10.4. The Morgan fingerprint density at radius 1 is 0.871 bits per heavy atom. The summed E-state index contributed by atoms with van der Waals surface area (Å²) in [7, 11) is 1.98. The molecule has 2 aromatic heterocycles. The zero-order valence-electron chi connectivity index (χ0n) is 20.5. The zero-order chi connectivity index (χ0) is 24.4. The number of aromatic nitrogens is 4. The van der Waals surface area contributed by atoms with Gasteiger partial charge in [-0.1, -0.05) is 66.7 Å². The molecule has 0 radical (unpaired) electrons. The summed E-state index contributed by atoms with van der Waals surface area (Å²) in [5, 5.41) is 8.15. The number of rotatable bonds is 1. The quantitative estimate of drug-likeness (QED) is 0.400. The maximum Gasteiger partial charge on any atom is 0.433 e. The van der Waals surface area contributed by atoms with Crippen molar-refractivity contribution in [1.29, 1.82) is 0 Å². The van der Waals surface area contributed by atoms with Crippen molar-refractivity contribution in [2.45, 2.75) is 73.9 Å². The SMILES string of the molecule is CC.CC.Cc1cc(C(C)(C)C)nn1C.Cc1cnn(-c2ccccc2)c1C(F)(F)F. The Hall–Kier alpha value is -2.57. The Bertz CT molecular complexity index is 866. The predicted molar refractivity (Wildman–Crippen MR) is 123 cm³/mol. The van der Waals surface area contributed by atoms with Crippen LogP contribution in [-0.4, -0.2) is 19.6 Å². The van der Waals surface area contributed by atoms with E-state index in [0.717, 1.165) is 10.4 Å². The highest BCUT2D eigenvalue weighted by Crippen LogP contribution is 2.33. The molecule has 0 N–H and O–H groups in total. The second-order valence-electron chi connectivity index (χ2n) is 7.47. The van der Waals surface area contributed by atoms with Crippen molar-refractivity contribution in [3.63, 3.8) is 0 Å². The molecule has 1 aromatic carbocycles. The van der Waals surface area contributed by atoms with Gasteiger partial charge in [0.1, 0.15) is 0 Å². The van der Waals surface area contributed by atoms with Gasteiger partial charge in [-0.3, -0.25) is 4.68 Å². The number of hydrogen-bond donors (Lipinski definition) is 0. The van der Waals surface area contributed by atoms with Gasteiger partial charge >= 0.3 is 6.18 Å². The van der Waals surface area contributed by atoms with Crippen molar-refractivity contribution >= 4 is 0 Å². The van der Waals surface area contributed by atoms with Crippen LogP contribution in [-0.2, 0) is 18.6 Å².